The second kappa shape index (κ2) is 5.54. The van der Waals surface area contributed by atoms with Crippen molar-refractivity contribution < 1.29 is 15.0 Å². The van der Waals surface area contributed by atoms with E-state index in [1.165, 1.54) is 0 Å². The van der Waals surface area contributed by atoms with Crippen molar-refractivity contribution in [3.8, 4) is 5.75 Å². The fourth-order valence-electron chi connectivity index (χ4n) is 1.41. The summed E-state index contributed by atoms with van der Waals surface area (Å²) in [4.78, 5) is 14.6. The lowest BCUT2D eigenvalue weighted by molar-refractivity contribution is -0.133. The van der Waals surface area contributed by atoms with Crippen LogP contribution in [0.15, 0.2) is 29.4 Å². The zero-order chi connectivity index (χ0) is 13.0. The topological polar surface area (TPSA) is 99.1 Å². The molecule has 18 heavy (non-hydrogen) atoms. The number of hydrogen-bond acceptors (Lipinski definition) is 5. The number of nitrogens with zero attached hydrogens (tertiary/aromatic N) is 2. The molecular formula is C11H11N3O3S. The Morgan fingerprint density at radius 3 is 3.00 bits per heavy atom. The number of aromatic nitrogens is 3. The van der Waals surface area contributed by atoms with E-state index in [0.717, 1.165) is 17.3 Å². The van der Waals surface area contributed by atoms with Gasteiger partial charge < -0.3 is 10.2 Å². The number of benzene rings is 1. The Morgan fingerprint density at radius 2 is 2.28 bits per heavy atom. The molecule has 0 bridgehead atoms. The number of hydrogen-bond donors (Lipinski definition) is 3. The van der Waals surface area contributed by atoms with Crippen LogP contribution in [-0.2, 0) is 11.2 Å². The third-order valence-corrected chi connectivity index (χ3v) is 2.95. The van der Waals surface area contributed by atoms with Crippen molar-refractivity contribution in [2.45, 2.75) is 11.6 Å². The summed E-state index contributed by atoms with van der Waals surface area (Å²) in [6.07, 6.45) is 0.509. The van der Waals surface area contributed by atoms with Crippen LogP contribution >= 0.6 is 11.8 Å². The van der Waals surface area contributed by atoms with Gasteiger partial charge in [0.15, 0.2) is 0 Å². The van der Waals surface area contributed by atoms with Gasteiger partial charge in [-0.05, 0) is 17.7 Å². The van der Waals surface area contributed by atoms with Gasteiger partial charge in [-0.2, -0.15) is 0 Å². The average Bonchev–Trinajstić information content (AvgIpc) is 2.74. The zero-order valence-corrected chi connectivity index (χ0v) is 10.1. The number of aromatic amines is 1. The molecular weight excluding hydrogens is 254 g/mol. The average molecular weight is 265 g/mol. The van der Waals surface area contributed by atoms with Gasteiger partial charge in [-0.1, -0.05) is 23.9 Å². The predicted molar refractivity (Wildman–Crippen MR) is 65.7 cm³/mol. The number of rotatable bonds is 5. The van der Waals surface area contributed by atoms with E-state index in [1.807, 2.05) is 6.07 Å². The number of thioether (sulfide) groups is 1. The zero-order valence-electron chi connectivity index (χ0n) is 9.33. The first kappa shape index (κ1) is 12.4. The Morgan fingerprint density at radius 1 is 1.44 bits per heavy atom. The molecule has 3 N–H and O–H groups in total. The molecule has 0 spiro atoms. The summed E-state index contributed by atoms with van der Waals surface area (Å²) in [6.45, 7) is 0. The molecule has 1 aromatic heterocycles. The number of carboxylic acid groups (broad SMARTS) is 1. The van der Waals surface area contributed by atoms with Crippen molar-refractivity contribution in [3.05, 3.63) is 35.7 Å². The molecule has 7 heteroatoms. The highest BCUT2D eigenvalue weighted by molar-refractivity contribution is 7.99. The number of phenolic OH excluding ortho intramolecular Hbond substituents is 1. The summed E-state index contributed by atoms with van der Waals surface area (Å²) >= 11 is 1.06. The van der Waals surface area contributed by atoms with Crippen LogP contribution in [0.1, 0.15) is 11.4 Å². The van der Waals surface area contributed by atoms with Gasteiger partial charge >= 0.3 is 5.97 Å². The molecule has 0 aliphatic heterocycles. The van der Waals surface area contributed by atoms with Crippen molar-refractivity contribution in [2.24, 2.45) is 0 Å². The van der Waals surface area contributed by atoms with Crippen LogP contribution in [0, 0.1) is 0 Å². The Balaban J connectivity index is 2.00. The number of aliphatic carboxylic acids is 1. The number of carboxylic acids is 1. The van der Waals surface area contributed by atoms with Gasteiger partial charge in [0.25, 0.3) is 0 Å². The minimum atomic E-state index is -0.903. The summed E-state index contributed by atoms with van der Waals surface area (Å²) in [6, 6.07) is 6.86. The molecule has 94 valence electrons. The maximum absolute atomic E-state index is 10.4. The summed E-state index contributed by atoms with van der Waals surface area (Å²) in [7, 11) is 0. The van der Waals surface area contributed by atoms with Crippen LogP contribution in [0.2, 0.25) is 0 Å². The van der Waals surface area contributed by atoms with Crippen molar-refractivity contribution in [2.75, 3.05) is 5.75 Å². The van der Waals surface area contributed by atoms with E-state index in [1.54, 1.807) is 18.2 Å². The van der Waals surface area contributed by atoms with Crippen LogP contribution < -0.4 is 0 Å². The maximum atomic E-state index is 10.4. The number of carbonyl (C=O) groups is 1. The maximum Gasteiger partial charge on any atom is 0.313 e. The Labute approximate surface area is 107 Å². The minimum Gasteiger partial charge on any atom is -0.508 e. The third kappa shape index (κ3) is 3.49. The monoisotopic (exact) mass is 265 g/mol. The van der Waals surface area contributed by atoms with Crippen LogP contribution in [-0.4, -0.2) is 37.1 Å². The van der Waals surface area contributed by atoms with Gasteiger partial charge in [0.05, 0.1) is 5.75 Å². The molecule has 0 fully saturated rings. The second-order valence-electron chi connectivity index (χ2n) is 3.59. The molecule has 6 nitrogen and oxygen atoms in total. The molecule has 0 unspecified atom stereocenters. The smallest absolute Gasteiger partial charge is 0.313 e. The lowest BCUT2D eigenvalue weighted by atomic mass is 10.1. The minimum absolute atomic E-state index is 0.0661. The molecule has 0 aliphatic carbocycles. The van der Waals surface area contributed by atoms with E-state index in [9.17, 15) is 9.90 Å². The Hall–Kier alpha value is -2.02. The van der Waals surface area contributed by atoms with Crippen molar-refractivity contribution >= 4 is 17.7 Å². The van der Waals surface area contributed by atoms with E-state index in [4.69, 9.17) is 5.11 Å². The predicted octanol–water partition coefficient (Wildman–Crippen LogP) is 1.28. The van der Waals surface area contributed by atoms with Crippen molar-refractivity contribution in [1.82, 2.24) is 15.2 Å². The molecule has 0 saturated heterocycles. The van der Waals surface area contributed by atoms with Gasteiger partial charge in [0, 0.05) is 6.42 Å². The number of phenols is 1. The van der Waals surface area contributed by atoms with E-state index < -0.39 is 5.97 Å². The normalized spacial score (nSPS) is 10.4. The van der Waals surface area contributed by atoms with Crippen molar-refractivity contribution in [1.29, 1.82) is 0 Å². The molecule has 0 saturated carbocycles. The first-order chi connectivity index (χ1) is 8.63. The molecule has 1 heterocycles. The first-order valence-electron chi connectivity index (χ1n) is 5.17. The quantitative estimate of drug-likeness (QED) is 0.704. The van der Waals surface area contributed by atoms with E-state index in [0.29, 0.717) is 17.4 Å². The van der Waals surface area contributed by atoms with Crippen LogP contribution in [0.3, 0.4) is 0 Å². The van der Waals surface area contributed by atoms with E-state index >= 15 is 0 Å². The van der Waals surface area contributed by atoms with Crippen molar-refractivity contribution in [3.63, 3.8) is 0 Å². The Bertz CT molecular complexity index is 556. The summed E-state index contributed by atoms with van der Waals surface area (Å²) in [5.74, 6) is -0.135. The summed E-state index contributed by atoms with van der Waals surface area (Å²) in [5, 5.41) is 24.9. The molecule has 0 radical (unpaired) electrons. The fourth-order valence-corrected chi connectivity index (χ4v) is 1.94. The van der Waals surface area contributed by atoms with Gasteiger partial charge in [0.1, 0.15) is 11.6 Å². The molecule has 2 aromatic rings. The standard InChI is InChI=1S/C11H11N3O3S/c15-8-3-1-2-7(4-8)5-9-12-11(14-13-9)18-6-10(16)17/h1-4,15H,5-6H2,(H,16,17)(H,12,13,14). The largest absolute Gasteiger partial charge is 0.508 e. The highest BCUT2D eigenvalue weighted by Gasteiger charge is 2.07. The highest BCUT2D eigenvalue weighted by atomic mass is 32.2. The SMILES string of the molecule is O=C(O)CSc1n[nH]c(Cc2cccc(O)c2)n1. The molecule has 0 amide bonds. The van der Waals surface area contributed by atoms with Gasteiger partial charge in [-0.15, -0.1) is 5.10 Å². The number of nitrogens with one attached hydrogen (secondary N) is 1. The molecule has 0 aliphatic rings. The third-order valence-electron chi connectivity index (χ3n) is 2.12. The highest BCUT2D eigenvalue weighted by Crippen LogP contribution is 2.16. The Kier molecular flexibility index (Phi) is 3.83. The van der Waals surface area contributed by atoms with Gasteiger partial charge in [-0.3, -0.25) is 9.89 Å². The molecule has 0 atom stereocenters. The molecule has 1 aromatic carbocycles. The van der Waals surface area contributed by atoms with Crippen LogP contribution in [0.5, 0.6) is 5.75 Å². The summed E-state index contributed by atoms with van der Waals surface area (Å²) < 4.78 is 0. The van der Waals surface area contributed by atoms with Crippen LogP contribution in [0.4, 0.5) is 0 Å². The van der Waals surface area contributed by atoms with E-state index in [-0.39, 0.29) is 11.5 Å². The fraction of sp³-hybridized carbons (Fsp3) is 0.182. The lowest BCUT2D eigenvalue weighted by Crippen LogP contribution is -1.97. The van der Waals surface area contributed by atoms with Gasteiger partial charge in [0.2, 0.25) is 5.16 Å². The second-order valence-corrected chi connectivity index (χ2v) is 4.54. The first-order valence-corrected chi connectivity index (χ1v) is 6.16. The van der Waals surface area contributed by atoms with Crippen LogP contribution in [0.25, 0.3) is 0 Å². The van der Waals surface area contributed by atoms with Gasteiger partial charge in [-0.25, -0.2) is 4.98 Å². The molecule has 2 rings (SSSR count). The summed E-state index contributed by atoms with van der Waals surface area (Å²) in [5.41, 5.74) is 0.904. The number of H-pyrrole nitrogens is 1. The number of aromatic hydroxyl groups is 1. The lowest BCUT2D eigenvalue weighted by Gasteiger charge is -1.98. The van der Waals surface area contributed by atoms with E-state index in [2.05, 4.69) is 15.2 Å².